The average Bonchev–Trinajstić information content (AvgIpc) is 2.60. The molecule has 19 heavy (non-hydrogen) atoms. The van der Waals surface area contributed by atoms with Crippen LogP contribution in [0.15, 0.2) is 18.2 Å². The number of rotatable bonds is 4. The van der Waals surface area contributed by atoms with E-state index in [4.69, 9.17) is 4.74 Å². The number of hydrogen-bond acceptors (Lipinski definition) is 2. The first-order valence-electron chi connectivity index (χ1n) is 6.48. The summed E-state index contributed by atoms with van der Waals surface area (Å²) >= 11 is 0. The van der Waals surface area contributed by atoms with Crippen LogP contribution in [0.5, 0.6) is 5.75 Å². The third-order valence-corrected chi connectivity index (χ3v) is 3.26. The molecule has 2 rings (SSSR count). The maximum absolute atomic E-state index is 11.5. The highest BCUT2D eigenvalue weighted by Crippen LogP contribution is 2.31. The molecule has 0 bridgehead atoms. The summed E-state index contributed by atoms with van der Waals surface area (Å²) in [4.78, 5) is 11.5. The minimum absolute atomic E-state index is 0.216. The van der Waals surface area contributed by atoms with Crippen LogP contribution in [0.2, 0.25) is 0 Å². The lowest BCUT2D eigenvalue weighted by molar-refractivity contribution is 0.0698. The molecule has 0 saturated heterocycles. The molecule has 1 heterocycles. The highest BCUT2D eigenvalue weighted by molar-refractivity contribution is 6.05. The van der Waals surface area contributed by atoms with Gasteiger partial charge in [-0.15, -0.1) is 0 Å². The molecule has 1 aromatic carbocycles. The van der Waals surface area contributed by atoms with Gasteiger partial charge in [0.25, 0.3) is 0 Å². The molecule has 0 aliphatic heterocycles. The summed E-state index contributed by atoms with van der Waals surface area (Å²) < 4.78 is 7.51. The van der Waals surface area contributed by atoms with Crippen molar-refractivity contribution in [1.82, 2.24) is 4.57 Å². The molecule has 4 nitrogen and oxygen atoms in total. The zero-order chi connectivity index (χ0) is 14.2. The van der Waals surface area contributed by atoms with E-state index in [9.17, 15) is 9.90 Å². The van der Waals surface area contributed by atoms with Crippen LogP contribution in [0, 0.1) is 6.92 Å². The fourth-order valence-electron chi connectivity index (χ4n) is 2.61. The van der Waals surface area contributed by atoms with Crippen molar-refractivity contribution >= 4 is 16.9 Å². The number of carboxylic acid groups (broad SMARTS) is 1. The molecule has 102 valence electrons. The Kier molecular flexibility index (Phi) is 3.51. The second kappa shape index (κ2) is 4.96. The first kappa shape index (κ1) is 13.5. The Bertz CT molecular complexity index is 626. The first-order valence-corrected chi connectivity index (χ1v) is 6.48. The van der Waals surface area contributed by atoms with Crippen LogP contribution in [0.4, 0.5) is 0 Å². The summed E-state index contributed by atoms with van der Waals surface area (Å²) in [6.45, 7) is 8.43. The molecule has 0 amide bonds. The lowest BCUT2D eigenvalue weighted by atomic mass is 10.1. The van der Waals surface area contributed by atoms with E-state index >= 15 is 0 Å². The van der Waals surface area contributed by atoms with E-state index in [1.165, 1.54) is 0 Å². The number of benzene rings is 1. The van der Waals surface area contributed by atoms with Crippen molar-refractivity contribution in [3.05, 3.63) is 29.5 Å². The summed E-state index contributed by atoms with van der Waals surface area (Å²) in [6, 6.07) is 5.84. The van der Waals surface area contributed by atoms with Gasteiger partial charge in [0.2, 0.25) is 0 Å². The van der Waals surface area contributed by atoms with E-state index < -0.39 is 5.97 Å². The van der Waals surface area contributed by atoms with Gasteiger partial charge in [-0.2, -0.15) is 0 Å². The van der Waals surface area contributed by atoms with E-state index in [0.717, 1.165) is 16.6 Å². The normalized spacial score (nSPS) is 11.2. The van der Waals surface area contributed by atoms with Gasteiger partial charge in [-0.3, -0.25) is 0 Å². The molecular weight excluding hydrogens is 242 g/mol. The molecule has 0 spiro atoms. The highest BCUT2D eigenvalue weighted by atomic mass is 16.5. The predicted octanol–water partition coefficient (Wildman–Crippen LogP) is 3.63. The molecule has 4 heteroatoms. The van der Waals surface area contributed by atoms with Crippen LogP contribution in [0.1, 0.15) is 42.9 Å². The summed E-state index contributed by atoms with van der Waals surface area (Å²) in [5.74, 6) is -0.186. The number of carboxylic acids is 1. The van der Waals surface area contributed by atoms with E-state index in [1.54, 1.807) is 0 Å². The molecule has 0 atom stereocenters. The smallest absolute Gasteiger partial charge is 0.338 e. The fourth-order valence-corrected chi connectivity index (χ4v) is 2.61. The second-order valence-corrected chi connectivity index (χ2v) is 4.84. The van der Waals surface area contributed by atoms with Gasteiger partial charge in [0.15, 0.2) is 0 Å². The second-order valence-electron chi connectivity index (χ2n) is 4.84. The van der Waals surface area contributed by atoms with Crippen molar-refractivity contribution in [3.63, 3.8) is 0 Å². The third kappa shape index (κ3) is 2.18. The molecule has 0 saturated carbocycles. The van der Waals surface area contributed by atoms with Gasteiger partial charge in [-0.1, -0.05) is 0 Å². The average molecular weight is 261 g/mol. The van der Waals surface area contributed by atoms with Gasteiger partial charge < -0.3 is 14.4 Å². The van der Waals surface area contributed by atoms with E-state index in [1.807, 2.05) is 32.0 Å². The number of hydrogen-bond donors (Lipinski definition) is 1. The zero-order valence-corrected chi connectivity index (χ0v) is 11.7. The standard InChI is InChI=1S/C15H19NO3/c1-5-19-11-6-7-13-12(8-11)14(15(17)18)10(4)16(13)9(2)3/h6-9H,5H2,1-4H3,(H,17,18). The number of aromatic nitrogens is 1. The molecule has 0 radical (unpaired) electrons. The summed E-state index contributed by atoms with van der Waals surface area (Å²) in [7, 11) is 0. The predicted molar refractivity (Wildman–Crippen MR) is 75.2 cm³/mol. The van der Waals surface area contributed by atoms with Crippen LogP contribution >= 0.6 is 0 Å². The van der Waals surface area contributed by atoms with Gasteiger partial charge in [0.1, 0.15) is 5.75 Å². The molecule has 0 fully saturated rings. The zero-order valence-electron chi connectivity index (χ0n) is 11.7. The van der Waals surface area contributed by atoms with Crippen LogP contribution in [0.3, 0.4) is 0 Å². The molecule has 0 aliphatic rings. The maximum atomic E-state index is 11.5. The highest BCUT2D eigenvalue weighted by Gasteiger charge is 2.20. The SMILES string of the molecule is CCOc1ccc2c(c1)c(C(=O)O)c(C)n2C(C)C. The lowest BCUT2D eigenvalue weighted by Gasteiger charge is -2.12. The minimum Gasteiger partial charge on any atom is -0.494 e. The van der Waals surface area contributed by atoms with Gasteiger partial charge >= 0.3 is 5.97 Å². The molecular formula is C15H19NO3. The van der Waals surface area contributed by atoms with Crippen LogP contribution < -0.4 is 4.74 Å². The van der Waals surface area contributed by atoms with Crippen molar-refractivity contribution in [2.24, 2.45) is 0 Å². The summed E-state index contributed by atoms with van der Waals surface area (Å²) in [6.07, 6.45) is 0. The maximum Gasteiger partial charge on any atom is 0.338 e. The van der Waals surface area contributed by atoms with Gasteiger partial charge in [0, 0.05) is 22.6 Å². The molecule has 2 aromatic rings. The molecule has 1 aromatic heterocycles. The first-order chi connectivity index (χ1) is 8.97. The lowest BCUT2D eigenvalue weighted by Crippen LogP contribution is -2.05. The molecule has 0 unspecified atom stereocenters. The Balaban J connectivity index is 2.78. The van der Waals surface area contributed by atoms with Crippen molar-refractivity contribution in [2.75, 3.05) is 6.61 Å². The topological polar surface area (TPSA) is 51.5 Å². The van der Waals surface area contributed by atoms with Gasteiger partial charge in [-0.05, 0) is 45.9 Å². The van der Waals surface area contributed by atoms with Crippen molar-refractivity contribution in [3.8, 4) is 5.75 Å². The van der Waals surface area contributed by atoms with Gasteiger partial charge in [0.05, 0.1) is 12.2 Å². The Morgan fingerprint density at radius 1 is 1.42 bits per heavy atom. The van der Waals surface area contributed by atoms with Crippen LogP contribution in [0.25, 0.3) is 10.9 Å². The van der Waals surface area contributed by atoms with Crippen molar-refractivity contribution in [1.29, 1.82) is 0 Å². The van der Waals surface area contributed by atoms with Crippen molar-refractivity contribution in [2.45, 2.75) is 33.7 Å². The van der Waals surface area contributed by atoms with Crippen molar-refractivity contribution < 1.29 is 14.6 Å². The van der Waals surface area contributed by atoms with Crippen LogP contribution in [-0.4, -0.2) is 22.2 Å². The number of nitrogens with zero attached hydrogens (tertiary/aromatic N) is 1. The number of aromatic carboxylic acids is 1. The van der Waals surface area contributed by atoms with E-state index in [0.29, 0.717) is 17.9 Å². The largest absolute Gasteiger partial charge is 0.494 e. The van der Waals surface area contributed by atoms with E-state index in [2.05, 4.69) is 18.4 Å². The summed E-state index contributed by atoms with van der Waals surface area (Å²) in [5.41, 5.74) is 2.09. The Morgan fingerprint density at radius 2 is 2.11 bits per heavy atom. The monoisotopic (exact) mass is 261 g/mol. The Hall–Kier alpha value is -1.97. The minimum atomic E-state index is -0.893. The molecule has 1 N–H and O–H groups in total. The Morgan fingerprint density at radius 3 is 2.63 bits per heavy atom. The summed E-state index contributed by atoms with van der Waals surface area (Å²) in [5, 5.41) is 10.2. The van der Waals surface area contributed by atoms with Gasteiger partial charge in [-0.25, -0.2) is 4.79 Å². The van der Waals surface area contributed by atoms with Crippen LogP contribution in [-0.2, 0) is 0 Å². The Labute approximate surface area is 112 Å². The fraction of sp³-hybridized carbons (Fsp3) is 0.400. The number of ether oxygens (including phenoxy) is 1. The third-order valence-electron chi connectivity index (χ3n) is 3.26. The van der Waals surface area contributed by atoms with E-state index in [-0.39, 0.29) is 6.04 Å². The number of carbonyl (C=O) groups is 1. The quantitative estimate of drug-likeness (QED) is 0.914. The number of fused-ring (bicyclic) bond motifs is 1. The molecule has 0 aliphatic carbocycles.